The molecule has 0 fully saturated rings. The molecule has 7 nitrogen and oxygen atoms in total. The normalized spacial score (nSPS) is 12.2. The van der Waals surface area contributed by atoms with Gasteiger partial charge in [-0.15, -0.1) is 5.10 Å². The lowest BCUT2D eigenvalue weighted by molar-refractivity contribution is 0.0939. The number of nitrogens with one attached hydrogen (secondary N) is 1. The molecule has 1 amide bonds. The van der Waals surface area contributed by atoms with Gasteiger partial charge in [0.25, 0.3) is 5.91 Å². The fourth-order valence-corrected chi connectivity index (χ4v) is 4.71. The molecule has 0 saturated heterocycles. The molecule has 6 aromatic rings. The van der Waals surface area contributed by atoms with E-state index in [9.17, 15) is 4.79 Å². The van der Waals surface area contributed by atoms with Gasteiger partial charge in [0.2, 0.25) is 0 Å². The van der Waals surface area contributed by atoms with Crippen molar-refractivity contribution >= 4 is 27.6 Å². The summed E-state index contributed by atoms with van der Waals surface area (Å²) in [6, 6.07) is 24.0. The number of rotatable bonds is 6. The van der Waals surface area contributed by atoms with Crippen LogP contribution in [0.15, 0.2) is 97.6 Å². The van der Waals surface area contributed by atoms with Gasteiger partial charge in [0.05, 0.1) is 18.8 Å². The Labute approximate surface area is 214 Å². The molecule has 0 bridgehead atoms. The average Bonchev–Trinajstić information content (AvgIpc) is 3.55. The van der Waals surface area contributed by atoms with Crippen LogP contribution in [0.5, 0.6) is 0 Å². The first-order chi connectivity index (χ1) is 18.0. The maximum atomic E-state index is 13.3. The monoisotopic (exact) mass is 486 g/mol. The molecule has 3 heterocycles. The Bertz CT molecular complexity index is 1750. The van der Waals surface area contributed by atoms with Gasteiger partial charge in [-0.1, -0.05) is 47.7 Å². The van der Waals surface area contributed by atoms with Crippen molar-refractivity contribution in [3.8, 4) is 11.3 Å². The Kier molecular flexibility index (Phi) is 5.73. The largest absolute Gasteiger partial charge is 0.351 e. The van der Waals surface area contributed by atoms with Gasteiger partial charge in [-0.2, -0.15) is 0 Å². The van der Waals surface area contributed by atoms with Crippen LogP contribution in [0.25, 0.3) is 32.9 Å². The molecule has 6 rings (SSSR count). The van der Waals surface area contributed by atoms with E-state index in [-0.39, 0.29) is 11.9 Å². The van der Waals surface area contributed by atoms with Crippen molar-refractivity contribution in [2.24, 2.45) is 7.05 Å². The van der Waals surface area contributed by atoms with Crippen molar-refractivity contribution < 1.29 is 4.79 Å². The lowest BCUT2D eigenvalue weighted by Crippen LogP contribution is -2.27. The Balaban J connectivity index is 1.21. The van der Waals surface area contributed by atoms with E-state index in [4.69, 9.17) is 0 Å². The lowest BCUT2D eigenvalue weighted by Gasteiger charge is -2.16. The average molecular weight is 487 g/mol. The van der Waals surface area contributed by atoms with Gasteiger partial charge in [0.15, 0.2) is 0 Å². The SMILES string of the molecule is CC(NC(=O)c1ccccc1Cn1cc(-c2ccc3cnccc3c2)nn1)c1ccc2ccn(C)c2c1. The number of hydrogen-bond acceptors (Lipinski definition) is 4. The molecule has 1 N–H and O–H groups in total. The van der Waals surface area contributed by atoms with Crippen molar-refractivity contribution in [1.82, 2.24) is 29.9 Å². The topological polar surface area (TPSA) is 77.6 Å². The van der Waals surface area contributed by atoms with Crippen LogP contribution in [-0.2, 0) is 13.6 Å². The van der Waals surface area contributed by atoms with Crippen LogP contribution in [0.4, 0.5) is 0 Å². The van der Waals surface area contributed by atoms with E-state index in [2.05, 4.69) is 55.5 Å². The lowest BCUT2D eigenvalue weighted by atomic mass is 10.0. The predicted molar refractivity (Wildman–Crippen MR) is 145 cm³/mol. The summed E-state index contributed by atoms with van der Waals surface area (Å²) in [7, 11) is 2.03. The molecule has 0 aliphatic rings. The van der Waals surface area contributed by atoms with E-state index in [1.165, 1.54) is 5.39 Å². The molecule has 1 unspecified atom stereocenters. The highest BCUT2D eigenvalue weighted by Crippen LogP contribution is 2.24. The fourth-order valence-electron chi connectivity index (χ4n) is 4.71. The Morgan fingerprint density at radius 3 is 2.76 bits per heavy atom. The number of amides is 1. The highest BCUT2D eigenvalue weighted by Gasteiger charge is 2.16. The number of nitrogens with zero attached hydrogens (tertiary/aromatic N) is 5. The number of fused-ring (bicyclic) bond motifs is 2. The van der Waals surface area contributed by atoms with Crippen LogP contribution in [-0.4, -0.2) is 30.5 Å². The summed E-state index contributed by atoms with van der Waals surface area (Å²) >= 11 is 0. The van der Waals surface area contributed by atoms with Crippen LogP contribution in [0.1, 0.15) is 34.5 Å². The maximum Gasteiger partial charge on any atom is 0.252 e. The van der Waals surface area contributed by atoms with Gasteiger partial charge in [0.1, 0.15) is 5.69 Å². The number of carbonyl (C=O) groups is 1. The zero-order valence-electron chi connectivity index (χ0n) is 20.7. The molecule has 1 atom stereocenters. The van der Waals surface area contributed by atoms with Gasteiger partial charge in [-0.25, -0.2) is 4.68 Å². The highest BCUT2D eigenvalue weighted by atomic mass is 16.1. The molecular weight excluding hydrogens is 460 g/mol. The van der Waals surface area contributed by atoms with Gasteiger partial charge in [0, 0.05) is 47.7 Å². The minimum absolute atomic E-state index is 0.112. The zero-order chi connectivity index (χ0) is 25.4. The first kappa shape index (κ1) is 22.7. The first-order valence-electron chi connectivity index (χ1n) is 12.2. The number of pyridine rings is 1. The van der Waals surface area contributed by atoms with Crippen LogP contribution < -0.4 is 5.32 Å². The van der Waals surface area contributed by atoms with E-state index in [0.29, 0.717) is 12.1 Å². The quantitative estimate of drug-likeness (QED) is 0.336. The van der Waals surface area contributed by atoms with Crippen LogP contribution in [0.2, 0.25) is 0 Å². The van der Waals surface area contributed by atoms with Gasteiger partial charge < -0.3 is 9.88 Å². The molecule has 37 heavy (non-hydrogen) atoms. The van der Waals surface area contributed by atoms with Crippen LogP contribution in [0, 0.1) is 0 Å². The molecule has 3 aromatic heterocycles. The van der Waals surface area contributed by atoms with Gasteiger partial charge in [-0.05, 0) is 59.2 Å². The van der Waals surface area contributed by atoms with E-state index in [1.807, 2.05) is 75.0 Å². The molecule has 0 radical (unpaired) electrons. The number of benzene rings is 3. The summed E-state index contributed by atoms with van der Waals surface area (Å²) in [5.41, 5.74) is 5.48. The first-order valence-corrected chi connectivity index (χ1v) is 12.2. The second-order valence-corrected chi connectivity index (χ2v) is 9.34. The molecule has 182 valence electrons. The van der Waals surface area contributed by atoms with E-state index in [1.54, 1.807) is 10.9 Å². The second kappa shape index (κ2) is 9.35. The van der Waals surface area contributed by atoms with Crippen molar-refractivity contribution in [2.75, 3.05) is 0 Å². The molecule has 0 saturated carbocycles. The van der Waals surface area contributed by atoms with Crippen molar-refractivity contribution in [3.05, 3.63) is 114 Å². The Hall–Kier alpha value is -4.78. The number of aryl methyl sites for hydroxylation is 1. The highest BCUT2D eigenvalue weighted by molar-refractivity contribution is 5.96. The second-order valence-electron chi connectivity index (χ2n) is 9.34. The van der Waals surface area contributed by atoms with Crippen molar-refractivity contribution in [1.29, 1.82) is 0 Å². The van der Waals surface area contributed by atoms with Gasteiger partial charge >= 0.3 is 0 Å². The third kappa shape index (κ3) is 4.47. The van der Waals surface area contributed by atoms with E-state index < -0.39 is 0 Å². The van der Waals surface area contributed by atoms with Crippen LogP contribution >= 0.6 is 0 Å². The standard InChI is InChI=1S/C30H26N6O/c1-20(22-8-7-21-12-14-35(2)29(21)16-22)32-30(37)27-6-4-3-5-26(27)18-36-19-28(33-34-36)24-9-10-25-17-31-13-11-23(25)15-24/h3-17,19-20H,18H2,1-2H3,(H,32,37). The van der Waals surface area contributed by atoms with Crippen molar-refractivity contribution in [2.45, 2.75) is 19.5 Å². The summed E-state index contributed by atoms with van der Waals surface area (Å²) in [6.45, 7) is 2.45. The molecule has 0 spiro atoms. The third-order valence-electron chi connectivity index (χ3n) is 6.83. The summed E-state index contributed by atoms with van der Waals surface area (Å²) in [6.07, 6.45) is 7.58. The molecule has 0 aliphatic heterocycles. The molecule has 3 aromatic carbocycles. The third-order valence-corrected chi connectivity index (χ3v) is 6.83. The number of hydrogen-bond donors (Lipinski definition) is 1. The molecular formula is C30H26N6O. The predicted octanol–water partition coefficient (Wildman–Crippen LogP) is 5.52. The summed E-state index contributed by atoms with van der Waals surface area (Å²) < 4.78 is 3.86. The van der Waals surface area contributed by atoms with Gasteiger partial charge in [-0.3, -0.25) is 9.78 Å². The minimum Gasteiger partial charge on any atom is -0.351 e. The fraction of sp³-hybridized carbons (Fsp3) is 0.133. The molecule has 7 heteroatoms. The summed E-state index contributed by atoms with van der Waals surface area (Å²) in [5, 5.41) is 15.2. The van der Waals surface area contributed by atoms with Crippen molar-refractivity contribution in [3.63, 3.8) is 0 Å². The Morgan fingerprint density at radius 1 is 0.973 bits per heavy atom. The Morgan fingerprint density at radius 2 is 1.84 bits per heavy atom. The maximum absolute atomic E-state index is 13.3. The summed E-state index contributed by atoms with van der Waals surface area (Å²) in [5.74, 6) is -0.112. The smallest absolute Gasteiger partial charge is 0.252 e. The zero-order valence-corrected chi connectivity index (χ0v) is 20.7. The number of carbonyl (C=O) groups excluding carboxylic acids is 1. The minimum atomic E-state index is -0.138. The van der Waals surface area contributed by atoms with E-state index >= 15 is 0 Å². The van der Waals surface area contributed by atoms with Crippen LogP contribution in [0.3, 0.4) is 0 Å². The number of aromatic nitrogens is 5. The van der Waals surface area contributed by atoms with E-state index in [0.717, 1.165) is 38.7 Å². The molecule has 0 aliphatic carbocycles. The summed E-state index contributed by atoms with van der Waals surface area (Å²) in [4.78, 5) is 17.5.